The molecule has 0 bridgehead atoms. The Balaban J connectivity index is 1.54. The molecule has 1 aromatic heterocycles. The van der Waals surface area contributed by atoms with Gasteiger partial charge in [-0.2, -0.15) is 0 Å². The van der Waals surface area contributed by atoms with Gasteiger partial charge in [-0.15, -0.1) is 21.8 Å². The monoisotopic (exact) mass is 492 g/mol. The van der Waals surface area contributed by atoms with Crippen LogP contribution in [0, 0.1) is 6.92 Å². The molecular weight excluding hydrogens is 468 g/mol. The van der Waals surface area contributed by atoms with E-state index in [0.717, 1.165) is 33.3 Å². The second kappa shape index (κ2) is 11.2. The molecule has 0 aliphatic rings. The van der Waals surface area contributed by atoms with Crippen molar-refractivity contribution >= 4 is 29.3 Å². The van der Waals surface area contributed by atoms with Crippen molar-refractivity contribution in [1.82, 2.24) is 20.1 Å². The standard InChI is InChI=1S/C26H25ClN4O2S/c1-18-11-13-21(14-12-18)31-23(16-28-25(32)24(27)20-8-4-3-5-9-20)29-30-26(31)34-17-19-7-6-10-22(15-19)33-2/h3-15,24H,16-17H2,1-2H3,(H,28,32). The van der Waals surface area contributed by atoms with Crippen LogP contribution in [0.15, 0.2) is 84.0 Å². The van der Waals surface area contributed by atoms with E-state index in [1.807, 2.05) is 90.4 Å². The first kappa shape index (κ1) is 23.9. The molecule has 1 heterocycles. The number of aryl methyl sites for hydroxylation is 1. The number of aromatic nitrogens is 3. The average molecular weight is 493 g/mol. The summed E-state index contributed by atoms with van der Waals surface area (Å²) in [7, 11) is 1.66. The molecule has 0 fully saturated rings. The van der Waals surface area contributed by atoms with E-state index >= 15 is 0 Å². The van der Waals surface area contributed by atoms with Crippen molar-refractivity contribution < 1.29 is 9.53 Å². The minimum absolute atomic E-state index is 0.204. The number of rotatable bonds is 9. The molecule has 0 saturated heterocycles. The molecule has 3 aromatic carbocycles. The predicted molar refractivity (Wildman–Crippen MR) is 136 cm³/mol. The van der Waals surface area contributed by atoms with E-state index in [0.29, 0.717) is 11.6 Å². The summed E-state index contributed by atoms with van der Waals surface area (Å²) in [5.74, 6) is 1.86. The number of nitrogens with zero attached hydrogens (tertiary/aromatic N) is 3. The summed E-state index contributed by atoms with van der Waals surface area (Å²) in [5.41, 5.74) is 3.95. The van der Waals surface area contributed by atoms with Gasteiger partial charge in [0.25, 0.3) is 0 Å². The summed E-state index contributed by atoms with van der Waals surface area (Å²) in [6.45, 7) is 2.25. The maximum absolute atomic E-state index is 12.7. The lowest BCUT2D eigenvalue weighted by Gasteiger charge is -2.13. The van der Waals surface area contributed by atoms with Crippen molar-refractivity contribution in [3.05, 3.63) is 101 Å². The molecule has 1 atom stereocenters. The first-order valence-electron chi connectivity index (χ1n) is 10.8. The third-order valence-corrected chi connectivity index (χ3v) is 6.69. The fraction of sp³-hybridized carbons (Fsp3) is 0.192. The highest BCUT2D eigenvalue weighted by atomic mass is 35.5. The Morgan fingerprint density at radius 3 is 2.56 bits per heavy atom. The van der Waals surface area contributed by atoms with Gasteiger partial charge in [-0.05, 0) is 42.3 Å². The van der Waals surface area contributed by atoms with Gasteiger partial charge in [-0.25, -0.2) is 0 Å². The molecule has 34 heavy (non-hydrogen) atoms. The number of carbonyl (C=O) groups is 1. The van der Waals surface area contributed by atoms with Crippen LogP contribution in [0.5, 0.6) is 5.75 Å². The quantitative estimate of drug-likeness (QED) is 0.248. The SMILES string of the molecule is COc1cccc(CSc2nnc(CNC(=O)C(Cl)c3ccccc3)n2-c2ccc(C)cc2)c1. The van der Waals surface area contributed by atoms with E-state index in [4.69, 9.17) is 16.3 Å². The molecule has 0 aliphatic carbocycles. The Morgan fingerprint density at radius 1 is 1.06 bits per heavy atom. The number of ether oxygens (including phenoxy) is 1. The van der Waals surface area contributed by atoms with Gasteiger partial charge in [0, 0.05) is 11.4 Å². The largest absolute Gasteiger partial charge is 0.497 e. The maximum Gasteiger partial charge on any atom is 0.242 e. The van der Waals surface area contributed by atoms with Gasteiger partial charge < -0.3 is 10.1 Å². The van der Waals surface area contributed by atoms with Crippen molar-refractivity contribution in [2.75, 3.05) is 7.11 Å². The molecule has 4 rings (SSSR count). The number of halogens is 1. The predicted octanol–water partition coefficient (Wildman–Crippen LogP) is 5.47. The molecule has 8 heteroatoms. The zero-order valence-corrected chi connectivity index (χ0v) is 20.5. The Kier molecular flexibility index (Phi) is 7.87. The average Bonchev–Trinajstić information content (AvgIpc) is 3.29. The lowest BCUT2D eigenvalue weighted by molar-refractivity contribution is -0.121. The lowest BCUT2D eigenvalue weighted by Crippen LogP contribution is -2.27. The van der Waals surface area contributed by atoms with Gasteiger partial charge in [-0.3, -0.25) is 9.36 Å². The van der Waals surface area contributed by atoms with Crippen LogP contribution in [-0.2, 0) is 17.1 Å². The van der Waals surface area contributed by atoms with E-state index in [9.17, 15) is 4.79 Å². The summed E-state index contributed by atoms with van der Waals surface area (Å²) in [6.07, 6.45) is 0. The zero-order chi connectivity index (χ0) is 23.9. The summed E-state index contributed by atoms with van der Waals surface area (Å²) < 4.78 is 7.30. The molecule has 0 spiro atoms. The molecule has 1 amide bonds. The van der Waals surface area contributed by atoms with E-state index in [1.54, 1.807) is 18.9 Å². The van der Waals surface area contributed by atoms with Crippen LogP contribution in [0.2, 0.25) is 0 Å². The Hall–Kier alpha value is -3.29. The number of thioether (sulfide) groups is 1. The first-order chi connectivity index (χ1) is 16.5. The number of methoxy groups -OCH3 is 1. The Labute approximate surface area is 208 Å². The minimum Gasteiger partial charge on any atom is -0.497 e. The highest BCUT2D eigenvalue weighted by Crippen LogP contribution is 2.27. The summed E-state index contributed by atoms with van der Waals surface area (Å²) in [6, 6.07) is 25.3. The van der Waals surface area contributed by atoms with Gasteiger partial charge in [-0.1, -0.05) is 71.9 Å². The Bertz CT molecular complexity index is 1250. The van der Waals surface area contributed by atoms with Crippen molar-refractivity contribution in [2.24, 2.45) is 0 Å². The van der Waals surface area contributed by atoms with Crippen LogP contribution >= 0.6 is 23.4 Å². The van der Waals surface area contributed by atoms with Gasteiger partial charge in [0.2, 0.25) is 5.91 Å². The maximum atomic E-state index is 12.7. The number of nitrogens with one attached hydrogen (secondary N) is 1. The molecule has 4 aromatic rings. The number of carbonyl (C=O) groups excluding carboxylic acids is 1. The normalized spacial score (nSPS) is 11.7. The highest BCUT2D eigenvalue weighted by Gasteiger charge is 2.20. The number of hydrogen-bond acceptors (Lipinski definition) is 5. The molecule has 0 aliphatic heterocycles. The minimum atomic E-state index is -0.779. The molecule has 0 saturated carbocycles. The van der Waals surface area contributed by atoms with E-state index in [-0.39, 0.29) is 12.5 Å². The molecule has 1 N–H and O–H groups in total. The van der Waals surface area contributed by atoms with Crippen molar-refractivity contribution in [3.8, 4) is 11.4 Å². The van der Waals surface area contributed by atoms with Gasteiger partial charge in [0.1, 0.15) is 11.1 Å². The van der Waals surface area contributed by atoms with Crippen LogP contribution in [0.4, 0.5) is 0 Å². The molecule has 6 nitrogen and oxygen atoms in total. The summed E-state index contributed by atoms with van der Waals surface area (Å²) in [4.78, 5) is 12.7. The van der Waals surface area contributed by atoms with Crippen LogP contribution in [0.1, 0.15) is 27.9 Å². The zero-order valence-electron chi connectivity index (χ0n) is 18.9. The van der Waals surface area contributed by atoms with E-state index in [1.165, 1.54) is 0 Å². The van der Waals surface area contributed by atoms with Gasteiger partial charge in [0.15, 0.2) is 11.0 Å². The van der Waals surface area contributed by atoms with Crippen LogP contribution in [0.3, 0.4) is 0 Å². The smallest absolute Gasteiger partial charge is 0.242 e. The summed E-state index contributed by atoms with van der Waals surface area (Å²) >= 11 is 7.95. The number of alkyl halides is 1. The second-order valence-electron chi connectivity index (χ2n) is 7.70. The topological polar surface area (TPSA) is 69.0 Å². The van der Waals surface area contributed by atoms with E-state index < -0.39 is 5.38 Å². The lowest BCUT2D eigenvalue weighted by atomic mass is 10.1. The molecule has 0 radical (unpaired) electrons. The van der Waals surface area contributed by atoms with Crippen LogP contribution in [0.25, 0.3) is 5.69 Å². The molecule has 174 valence electrons. The fourth-order valence-electron chi connectivity index (χ4n) is 3.40. The van der Waals surface area contributed by atoms with Crippen molar-refractivity contribution in [3.63, 3.8) is 0 Å². The van der Waals surface area contributed by atoms with Gasteiger partial charge in [0.05, 0.1) is 13.7 Å². The second-order valence-corrected chi connectivity index (χ2v) is 9.08. The van der Waals surface area contributed by atoms with Gasteiger partial charge >= 0.3 is 0 Å². The summed E-state index contributed by atoms with van der Waals surface area (Å²) in [5, 5.41) is 11.6. The third kappa shape index (κ3) is 5.79. The van der Waals surface area contributed by atoms with Crippen molar-refractivity contribution in [2.45, 2.75) is 29.8 Å². The molecule has 1 unspecified atom stereocenters. The van der Waals surface area contributed by atoms with Crippen LogP contribution < -0.4 is 10.1 Å². The van der Waals surface area contributed by atoms with E-state index in [2.05, 4.69) is 15.5 Å². The first-order valence-corrected chi connectivity index (χ1v) is 12.2. The number of benzene rings is 3. The third-order valence-electron chi connectivity index (χ3n) is 5.24. The number of hydrogen-bond donors (Lipinski definition) is 1. The van der Waals surface area contributed by atoms with Crippen molar-refractivity contribution in [1.29, 1.82) is 0 Å². The molecular formula is C26H25ClN4O2S. The Morgan fingerprint density at radius 2 is 1.82 bits per heavy atom. The fourth-order valence-corrected chi connectivity index (χ4v) is 4.54. The highest BCUT2D eigenvalue weighted by molar-refractivity contribution is 7.98. The van der Waals surface area contributed by atoms with Crippen LogP contribution in [-0.4, -0.2) is 27.8 Å². The number of amides is 1.